The Morgan fingerprint density at radius 2 is 2.21 bits per heavy atom. The predicted octanol–water partition coefficient (Wildman–Crippen LogP) is 2.58. The first kappa shape index (κ1) is 19.5. The molecule has 2 bridgehead atoms. The molecular weight excluding hydrogens is 378 g/mol. The van der Waals surface area contributed by atoms with Gasteiger partial charge in [-0.3, -0.25) is 9.79 Å². The molecule has 1 amide bonds. The van der Waals surface area contributed by atoms with Crippen molar-refractivity contribution in [3.8, 4) is 0 Å². The lowest BCUT2D eigenvalue weighted by atomic mass is 9.96. The maximum absolute atomic E-state index is 13.7. The lowest BCUT2D eigenvalue weighted by Crippen LogP contribution is -2.47. The first-order chi connectivity index (χ1) is 13.8. The fourth-order valence-corrected chi connectivity index (χ4v) is 4.24. The Morgan fingerprint density at radius 3 is 2.83 bits per heavy atom. The molecule has 3 heterocycles. The second-order valence-electron chi connectivity index (χ2n) is 8.02. The van der Waals surface area contributed by atoms with E-state index in [0.29, 0.717) is 18.1 Å². The molecule has 1 aromatic heterocycles. The lowest BCUT2D eigenvalue weighted by Gasteiger charge is -2.36. The fraction of sp³-hybridized carbons (Fsp3) is 0.500. The van der Waals surface area contributed by atoms with Crippen molar-refractivity contribution in [3.05, 3.63) is 35.9 Å². The van der Waals surface area contributed by atoms with Gasteiger partial charge in [-0.2, -0.15) is 0 Å². The van der Waals surface area contributed by atoms with Crippen LogP contribution in [0.15, 0.2) is 35.2 Å². The number of amides is 1. The third kappa shape index (κ3) is 3.28. The summed E-state index contributed by atoms with van der Waals surface area (Å²) in [6.45, 7) is 1.37. The molecule has 154 valence electrons. The maximum Gasteiger partial charge on any atom is 0.263 e. The monoisotopic (exact) mass is 402 g/mol. The Hall–Kier alpha value is -2.84. The SMILES string of the molecule is CN=CC(=CN)Nc1nccc(C2=CC3CCC(C2)N3C(=O)C2(C)CC2(F)F)n1. The van der Waals surface area contributed by atoms with Gasteiger partial charge in [-0.15, -0.1) is 0 Å². The molecule has 1 saturated heterocycles. The Balaban J connectivity index is 1.55. The van der Waals surface area contributed by atoms with E-state index in [9.17, 15) is 13.6 Å². The summed E-state index contributed by atoms with van der Waals surface area (Å²) in [6, 6.07) is 1.57. The number of allylic oxidation sites excluding steroid dienone is 1. The number of aliphatic imine (C=N–C) groups is 1. The number of carbonyl (C=O) groups is 1. The van der Waals surface area contributed by atoms with Crippen molar-refractivity contribution < 1.29 is 13.6 Å². The number of fused-ring (bicyclic) bond motifs is 2. The van der Waals surface area contributed by atoms with Gasteiger partial charge in [-0.05, 0) is 37.8 Å². The van der Waals surface area contributed by atoms with Gasteiger partial charge in [0.15, 0.2) is 0 Å². The van der Waals surface area contributed by atoms with Crippen molar-refractivity contribution in [2.45, 2.75) is 50.6 Å². The Bertz CT molecular complexity index is 927. The smallest absolute Gasteiger partial charge is 0.263 e. The van der Waals surface area contributed by atoms with Gasteiger partial charge >= 0.3 is 0 Å². The van der Waals surface area contributed by atoms with Crippen molar-refractivity contribution in [2.75, 3.05) is 12.4 Å². The highest BCUT2D eigenvalue weighted by atomic mass is 19.3. The number of alkyl halides is 2. The van der Waals surface area contributed by atoms with Crippen LogP contribution in [0.5, 0.6) is 0 Å². The van der Waals surface area contributed by atoms with E-state index in [-0.39, 0.29) is 18.5 Å². The van der Waals surface area contributed by atoms with E-state index >= 15 is 0 Å². The van der Waals surface area contributed by atoms with Gasteiger partial charge in [0.1, 0.15) is 5.41 Å². The molecule has 1 aliphatic carbocycles. The molecule has 29 heavy (non-hydrogen) atoms. The zero-order chi connectivity index (χ0) is 20.8. The summed E-state index contributed by atoms with van der Waals surface area (Å²) in [6.07, 6.45) is 8.40. The molecule has 1 saturated carbocycles. The lowest BCUT2D eigenvalue weighted by molar-refractivity contribution is -0.142. The second-order valence-corrected chi connectivity index (χ2v) is 8.02. The van der Waals surface area contributed by atoms with Crippen molar-refractivity contribution in [2.24, 2.45) is 16.1 Å². The van der Waals surface area contributed by atoms with Gasteiger partial charge in [0.2, 0.25) is 11.9 Å². The van der Waals surface area contributed by atoms with E-state index < -0.39 is 17.2 Å². The number of rotatable bonds is 5. The number of hydrogen-bond acceptors (Lipinski definition) is 6. The summed E-state index contributed by atoms with van der Waals surface area (Å²) < 4.78 is 27.5. The van der Waals surface area contributed by atoms with Crippen LogP contribution in [0.3, 0.4) is 0 Å². The van der Waals surface area contributed by atoms with E-state index in [1.54, 1.807) is 24.4 Å². The molecular formula is C20H24F2N6O. The van der Waals surface area contributed by atoms with Gasteiger partial charge in [-0.25, -0.2) is 18.7 Å². The molecule has 3 N–H and O–H groups in total. The first-order valence-electron chi connectivity index (χ1n) is 9.65. The predicted molar refractivity (Wildman–Crippen MR) is 106 cm³/mol. The summed E-state index contributed by atoms with van der Waals surface area (Å²) in [4.78, 5) is 27.2. The normalized spacial score (nSPS) is 30.4. The Morgan fingerprint density at radius 1 is 1.45 bits per heavy atom. The standard InChI is InChI=1S/C20H24F2N6O/c1-19(11-20(19,21)22)17(29)28-14-3-4-15(28)8-12(7-14)16-5-6-25-18(27-16)26-13(9-23)10-24-2/h5-7,9-10,14-15H,3-4,8,11,23H2,1-2H3,(H,25,26,27). The molecule has 0 radical (unpaired) electrons. The van der Waals surface area contributed by atoms with E-state index in [2.05, 4.69) is 20.3 Å². The summed E-state index contributed by atoms with van der Waals surface area (Å²) in [5.74, 6) is -2.93. The van der Waals surface area contributed by atoms with Crippen molar-refractivity contribution >= 4 is 23.6 Å². The second kappa shape index (κ2) is 6.89. The third-order valence-electron chi connectivity index (χ3n) is 6.05. The zero-order valence-corrected chi connectivity index (χ0v) is 16.4. The van der Waals surface area contributed by atoms with Crippen molar-refractivity contribution in [3.63, 3.8) is 0 Å². The van der Waals surface area contributed by atoms with Crippen LogP contribution < -0.4 is 11.1 Å². The maximum atomic E-state index is 13.7. The van der Waals surface area contributed by atoms with Crippen LogP contribution in [0.25, 0.3) is 5.57 Å². The highest BCUT2D eigenvalue weighted by molar-refractivity contribution is 5.89. The van der Waals surface area contributed by atoms with Gasteiger partial charge in [0.05, 0.1) is 17.4 Å². The minimum atomic E-state index is -2.89. The van der Waals surface area contributed by atoms with Gasteiger partial charge in [-0.1, -0.05) is 6.08 Å². The molecule has 7 nitrogen and oxygen atoms in total. The highest BCUT2D eigenvalue weighted by Crippen LogP contribution is 2.62. The molecule has 1 aromatic rings. The molecule has 9 heteroatoms. The number of nitrogens with one attached hydrogen (secondary N) is 1. The minimum Gasteiger partial charge on any atom is -0.403 e. The minimum absolute atomic E-state index is 0.0705. The van der Waals surface area contributed by atoms with E-state index in [1.807, 2.05) is 12.1 Å². The van der Waals surface area contributed by atoms with Gasteiger partial charge < -0.3 is 16.0 Å². The third-order valence-corrected chi connectivity index (χ3v) is 6.05. The van der Waals surface area contributed by atoms with Crippen LogP contribution in [-0.2, 0) is 4.79 Å². The van der Waals surface area contributed by atoms with E-state index in [1.165, 1.54) is 13.1 Å². The molecule has 3 atom stereocenters. The molecule has 0 aromatic carbocycles. The Kier molecular flexibility index (Phi) is 4.63. The number of aromatic nitrogens is 2. The molecule has 2 fully saturated rings. The molecule has 4 rings (SSSR count). The number of halogens is 2. The van der Waals surface area contributed by atoms with Crippen LogP contribution in [0.4, 0.5) is 14.7 Å². The summed E-state index contributed by atoms with van der Waals surface area (Å²) >= 11 is 0. The van der Waals surface area contributed by atoms with Gasteiger partial charge in [0, 0.05) is 38.1 Å². The first-order valence-corrected chi connectivity index (χ1v) is 9.65. The molecule has 3 unspecified atom stereocenters. The summed E-state index contributed by atoms with van der Waals surface area (Å²) in [5.41, 5.74) is 6.34. The van der Waals surface area contributed by atoms with Gasteiger partial charge in [0.25, 0.3) is 5.92 Å². The van der Waals surface area contributed by atoms with Crippen LogP contribution in [0, 0.1) is 5.41 Å². The fourth-order valence-electron chi connectivity index (χ4n) is 4.24. The van der Waals surface area contributed by atoms with Crippen molar-refractivity contribution in [1.29, 1.82) is 0 Å². The Labute approximate surface area is 167 Å². The summed E-state index contributed by atoms with van der Waals surface area (Å²) in [7, 11) is 1.63. The van der Waals surface area contributed by atoms with E-state index in [0.717, 1.165) is 24.1 Å². The van der Waals surface area contributed by atoms with Crippen LogP contribution in [0.2, 0.25) is 0 Å². The largest absolute Gasteiger partial charge is 0.403 e. The average molecular weight is 402 g/mol. The number of anilines is 1. The number of carbonyl (C=O) groups excluding carboxylic acids is 1. The molecule has 3 aliphatic rings. The number of nitrogens with zero attached hydrogens (tertiary/aromatic N) is 4. The molecule has 0 spiro atoms. The quantitative estimate of drug-likeness (QED) is 0.738. The van der Waals surface area contributed by atoms with Crippen molar-refractivity contribution in [1.82, 2.24) is 14.9 Å². The van der Waals surface area contributed by atoms with Crippen LogP contribution in [0.1, 0.15) is 38.3 Å². The van der Waals surface area contributed by atoms with E-state index in [4.69, 9.17) is 5.73 Å². The van der Waals surface area contributed by atoms with Crippen LogP contribution in [-0.4, -0.2) is 52.0 Å². The number of nitrogens with two attached hydrogens (primary N) is 1. The summed E-state index contributed by atoms with van der Waals surface area (Å²) in [5, 5.41) is 3.00. The average Bonchev–Trinajstić information content (AvgIpc) is 3.12. The zero-order valence-electron chi connectivity index (χ0n) is 16.4. The highest BCUT2D eigenvalue weighted by Gasteiger charge is 2.74. The topological polar surface area (TPSA) is 96.5 Å². The molecule has 2 aliphatic heterocycles. The van der Waals surface area contributed by atoms with Crippen LogP contribution >= 0.6 is 0 Å². The number of hydrogen-bond donors (Lipinski definition) is 2.